The van der Waals surface area contributed by atoms with Crippen LogP contribution in [0.4, 0.5) is 5.69 Å². The number of nitrogens with zero attached hydrogens (tertiary/aromatic N) is 1. The first-order valence-electron chi connectivity index (χ1n) is 5.35. The van der Waals surface area contributed by atoms with Crippen molar-refractivity contribution in [2.75, 3.05) is 0 Å². The minimum Gasteiger partial charge on any atom is -0.578 e. The molecule has 0 aliphatic rings. The van der Waals surface area contributed by atoms with E-state index in [9.17, 15) is 5.11 Å². The molecular formula is C13H10NNaO4S. The molecule has 2 rings (SSSR count). The Hall–Kier alpha value is -1.02. The summed E-state index contributed by atoms with van der Waals surface area (Å²) >= 11 is 4.14. The standard InChI is InChI=1S/C13H11NO4S.Na/c15-12-7-5-11(6-8-12)14-9-10-3-1-2-4-13(10)16-17-18-19;/h1-9,15,19H;/q;+1/p-1. The summed E-state index contributed by atoms with van der Waals surface area (Å²) in [5, 5.41) is 13.4. The monoisotopic (exact) mass is 299 g/mol. The number of phenols is 1. The van der Waals surface area contributed by atoms with Crippen LogP contribution >= 0.6 is 0 Å². The molecule has 0 spiro atoms. The van der Waals surface area contributed by atoms with E-state index < -0.39 is 0 Å². The number of phenolic OH excluding ortho intramolecular Hbond substituents is 1. The molecule has 2 aromatic carbocycles. The molecule has 0 amide bonds. The maximum absolute atomic E-state index is 9.17. The molecule has 0 radical (unpaired) electrons. The van der Waals surface area contributed by atoms with Gasteiger partial charge in [0.15, 0.2) is 5.75 Å². The zero-order valence-electron chi connectivity index (χ0n) is 10.7. The Labute approximate surface area is 144 Å². The average molecular weight is 299 g/mol. The van der Waals surface area contributed by atoms with Crippen LogP contribution in [0.25, 0.3) is 0 Å². The predicted octanol–water partition coefficient (Wildman–Crippen LogP) is -0.149. The molecule has 0 fully saturated rings. The van der Waals surface area contributed by atoms with E-state index in [2.05, 4.69) is 27.3 Å². The minimum atomic E-state index is 0. The molecule has 98 valence electrons. The van der Waals surface area contributed by atoms with Crippen LogP contribution in [0.5, 0.6) is 11.5 Å². The molecule has 20 heavy (non-hydrogen) atoms. The van der Waals surface area contributed by atoms with Crippen LogP contribution in [0.3, 0.4) is 0 Å². The summed E-state index contributed by atoms with van der Waals surface area (Å²) in [6.45, 7) is 0. The van der Waals surface area contributed by atoms with Crippen molar-refractivity contribution in [3.63, 3.8) is 0 Å². The van der Waals surface area contributed by atoms with Crippen LogP contribution in [-0.2, 0) is 22.3 Å². The van der Waals surface area contributed by atoms with Crippen molar-refractivity contribution in [1.29, 1.82) is 0 Å². The first-order valence-corrected chi connectivity index (χ1v) is 5.68. The number of para-hydroxylation sites is 1. The van der Waals surface area contributed by atoms with E-state index in [1.165, 1.54) is 0 Å². The predicted molar refractivity (Wildman–Crippen MR) is 72.0 cm³/mol. The zero-order chi connectivity index (χ0) is 13.5. The molecule has 0 unspecified atom stereocenters. The second-order valence-corrected chi connectivity index (χ2v) is 3.67. The third-order valence-electron chi connectivity index (χ3n) is 2.27. The molecule has 0 heterocycles. The molecule has 0 saturated heterocycles. The van der Waals surface area contributed by atoms with Crippen LogP contribution in [0.15, 0.2) is 53.5 Å². The summed E-state index contributed by atoms with van der Waals surface area (Å²) in [6, 6.07) is 13.6. The maximum Gasteiger partial charge on any atom is 1.00 e. The number of rotatable bonds is 5. The number of hydrogen-bond donors (Lipinski definition) is 1. The Bertz CT molecular complexity index is 563. The van der Waals surface area contributed by atoms with Gasteiger partial charge in [0.1, 0.15) is 5.75 Å². The molecule has 0 atom stereocenters. The van der Waals surface area contributed by atoms with Gasteiger partial charge in [0.25, 0.3) is 0 Å². The third kappa shape index (κ3) is 5.16. The third-order valence-corrected chi connectivity index (χ3v) is 2.33. The van der Waals surface area contributed by atoms with Crippen molar-refractivity contribution < 1.29 is 48.9 Å². The van der Waals surface area contributed by atoms with Gasteiger partial charge in [0.2, 0.25) is 0 Å². The topological polar surface area (TPSA) is 60.3 Å². The van der Waals surface area contributed by atoms with Crippen molar-refractivity contribution in [3.05, 3.63) is 54.1 Å². The molecule has 0 aliphatic carbocycles. The average Bonchev–Trinajstić information content (AvgIpc) is 2.45. The number of hydrogen-bond acceptors (Lipinski definition) is 6. The van der Waals surface area contributed by atoms with Crippen molar-refractivity contribution in [3.8, 4) is 11.5 Å². The Morgan fingerprint density at radius 1 is 1.05 bits per heavy atom. The van der Waals surface area contributed by atoms with E-state index in [-0.39, 0.29) is 35.3 Å². The summed E-state index contributed by atoms with van der Waals surface area (Å²) in [4.78, 5) is 9.08. The van der Waals surface area contributed by atoms with Gasteiger partial charge in [0, 0.05) is 11.8 Å². The van der Waals surface area contributed by atoms with Gasteiger partial charge in [-0.05, 0) is 41.4 Å². The van der Waals surface area contributed by atoms with E-state index in [1.54, 1.807) is 48.7 Å². The molecule has 1 N–H and O–H groups in total. The van der Waals surface area contributed by atoms with Gasteiger partial charge in [-0.2, -0.15) is 0 Å². The van der Waals surface area contributed by atoms with Gasteiger partial charge >= 0.3 is 29.6 Å². The summed E-state index contributed by atoms with van der Waals surface area (Å²) in [6.07, 6.45) is 1.61. The van der Waals surface area contributed by atoms with Gasteiger partial charge < -0.3 is 27.2 Å². The fourth-order valence-corrected chi connectivity index (χ4v) is 1.42. The van der Waals surface area contributed by atoms with Gasteiger partial charge in [0.05, 0.1) is 5.69 Å². The van der Waals surface area contributed by atoms with E-state index in [4.69, 9.17) is 4.89 Å². The normalized spacial score (nSPS) is 10.2. The number of aliphatic imine (C=N–C) groups is 1. The Kier molecular flexibility index (Phi) is 7.68. The van der Waals surface area contributed by atoms with Crippen molar-refractivity contribution in [2.45, 2.75) is 0 Å². The molecule has 0 aromatic heterocycles. The van der Waals surface area contributed by atoms with E-state index >= 15 is 0 Å². The zero-order valence-corrected chi connectivity index (χ0v) is 13.5. The number of aromatic hydroxyl groups is 1. The quantitative estimate of drug-likeness (QED) is 0.274. The summed E-state index contributed by atoms with van der Waals surface area (Å²) in [7, 11) is 0. The Morgan fingerprint density at radius 2 is 1.75 bits per heavy atom. The molecule has 5 nitrogen and oxygen atoms in total. The van der Waals surface area contributed by atoms with Crippen LogP contribution in [0.2, 0.25) is 0 Å². The van der Waals surface area contributed by atoms with Crippen molar-refractivity contribution in [1.82, 2.24) is 0 Å². The summed E-state index contributed by atoms with van der Waals surface area (Å²) < 4.78 is 3.97. The SMILES string of the molecule is Oc1ccc(N=Cc2ccccc2OOO[S-])cc1.[Na+]. The first kappa shape index (κ1) is 17.0. The van der Waals surface area contributed by atoms with Gasteiger partial charge in [-0.1, -0.05) is 12.1 Å². The Balaban J connectivity index is 0.00000200. The fraction of sp³-hybridized carbons (Fsp3) is 0. The second kappa shape index (κ2) is 9.02. The maximum atomic E-state index is 9.17. The van der Waals surface area contributed by atoms with Crippen LogP contribution in [0.1, 0.15) is 5.56 Å². The summed E-state index contributed by atoms with van der Waals surface area (Å²) in [5.41, 5.74) is 1.40. The molecule has 0 bridgehead atoms. The van der Waals surface area contributed by atoms with Crippen molar-refractivity contribution >= 4 is 24.8 Å². The Morgan fingerprint density at radius 3 is 2.45 bits per heavy atom. The number of benzene rings is 2. The smallest absolute Gasteiger partial charge is 0.578 e. The fourth-order valence-electron chi connectivity index (χ4n) is 1.40. The molecule has 0 saturated carbocycles. The summed E-state index contributed by atoms with van der Waals surface area (Å²) in [5.74, 6) is 0.619. The van der Waals surface area contributed by atoms with Crippen molar-refractivity contribution in [2.24, 2.45) is 4.99 Å². The van der Waals surface area contributed by atoms with Crippen LogP contribution in [0, 0.1) is 0 Å². The van der Waals surface area contributed by atoms with Gasteiger partial charge in [-0.15, -0.1) is 0 Å². The first-order chi connectivity index (χ1) is 9.29. The van der Waals surface area contributed by atoms with E-state index in [1.807, 2.05) is 6.07 Å². The van der Waals surface area contributed by atoms with Crippen LogP contribution in [-0.4, -0.2) is 11.3 Å². The van der Waals surface area contributed by atoms with Gasteiger partial charge in [-0.3, -0.25) is 4.99 Å². The van der Waals surface area contributed by atoms with Crippen LogP contribution < -0.4 is 34.4 Å². The molecule has 0 aliphatic heterocycles. The van der Waals surface area contributed by atoms with Gasteiger partial charge in [-0.25, -0.2) is 0 Å². The largest absolute Gasteiger partial charge is 1.00 e. The molecule has 2 aromatic rings. The minimum absolute atomic E-state index is 0. The molecule has 7 heteroatoms. The van der Waals surface area contributed by atoms with E-state index in [0.717, 1.165) is 0 Å². The van der Waals surface area contributed by atoms with E-state index in [0.29, 0.717) is 17.0 Å². The molecular weight excluding hydrogens is 289 g/mol. The second-order valence-electron chi connectivity index (χ2n) is 3.53.